The van der Waals surface area contributed by atoms with Gasteiger partial charge in [-0.05, 0) is 42.0 Å². The monoisotopic (exact) mass is 254 g/mol. The first-order chi connectivity index (χ1) is 9.15. The van der Waals surface area contributed by atoms with Crippen LogP contribution < -0.4 is 0 Å². The molecular formula is C18H22O. The second-order valence-electron chi connectivity index (χ2n) is 5.06. The van der Waals surface area contributed by atoms with E-state index in [1.807, 2.05) is 12.1 Å². The molecule has 1 N–H and O–H groups in total. The Morgan fingerprint density at radius 1 is 1.00 bits per heavy atom. The summed E-state index contributed by atoms with van der Waals surface area (Å²) in [6.45, 7) is 6.33. The summed E-state index contributed by atoms with van der Waals surface area (Å²) < 4.78 is 0. The summed E-state index contributed by atoms with van der Waals surface area (Å²) in [4.78, 5) is 0. The van der Waals surface area contributed by atoms with Crippen LogP contribution in [0.1, 0.15) is 47.8 Å². The molecule has 0 fully saturated rings. The average Bonchev–Trinajstić information content (AvgIpc) is 2.45. The summed E-state index contributed by atoms with van der Waals surface area (Å²) in [5, 5.41) is 10.6. The van der Waals surface area contributed by atoms with E-state index in [-0.39, 0.29) is 0 Å². The van der Waals surface area contributed by atoms with E-state index in [1.54, 1.807) is 0 Å². The molecule has 0 aromatic heterocycles. The van der Waals surface area contributed by atoms with E-state index in [0.29, 0.717) is 0 Å². The highest BCUT2D eigenvalue weighted by molar-refractivity contribution is 5.39. The summed E-state index contributed by atoms with van der Waals surface area (Å²) in [6, 6.07) is 14.6. The van der Waals surface area contributed by atoms with Gasteiger partial charge >= 0.3 is 0 Å². The lowest BCUT2D eigenvalue weighted by molar-refractivity contribution is 0.219. The lowest BCUT2D eigenvalue weighted by atomic mass is 9.92. The van der Waals surface area contributed by atoms with Crippen LogP contribution in [-0.2, 0) is 12.8 Å². The van der Waals surface area contributed by atoms with Crippen LogP contribution in [0, 0.1) is 6.92 Å². The highest BCUT2D eigenvalue weighted by atomic mass is 16.3. The summed E-state index contributed by atoms with van der Waals surface area (Å²) >= 11 is 0. The van der Waals surface area contributed by atoms with Gasteiger partial charge in [0.05, 0.1) is 0 Å². The normalized spacial score (nSPS) is 12.4. The van der Waals surface area contributed by atoms with Crippen molar-refractivity contribution in [1.29, 1.82) is 0 Å². The van der Waals surface area contributed by atoms with Crippen LogP contribution in [0.4, 0.5) is 0 Å². The van der Waals surface area contributed by atoms with E-state index in [2.05, 4.69) is 51.1 Å². The van der Waals surface area contributed by atoms with Crippen molar-refractivity contribution in [2.75, 3.05) is 0 Å². The number of aliphatic hydroxyl groups is 1. The molecule has 0 spiro atoms. The topological polar surface area (TPSA) is 20.2 Å². The molecule has 1 heteroatoms. The van der Waals surface area contributed by atoms with Gasteiger partial charge in [-0.1, -0.05) is 61.9 Å². The molecule has 0 bridgehead atoms. The molecule has 0 aliphatic rings. The van der Waals surface area contributed by atoms with Crippen molar-refractivity contribution in [3.05, 3.63) is 70.3 Å². The minimum absolute atomic E-state index is 0.527. The van der Waals surface area contributed by atoms with E-state index in [0.717, 1.165) is 24.0 Å². The van der Waals surface area contributed by atoms with Crippen molar-refractivity contribution < 1.29 is 5.11 Å². The van der Waals surface area contributed by atoms with E-state index < -0.39 is 6.10 Å². The van der Waals surface area contributed by atoms with E-state index in [9.17, 15) is 5.11 Å². The molecule has 100 valence electrons. The Morgan fingerprint density at radius 3 is 2.42 bits per heavy atom. The summed E-state index contributed by atoms with van der Waals surface area (Å²) in [7, 11) is 0. The molecule has 0 saturated carbocycles. The second kappa shape index (κ2) is 6.03. The smallest absolute Gasteiger partial charge is 0.104 e. The van der Waals surface area contributed by atoms with Gasteiger partial charge in [0.15, 0.2) is 0 Å². The van der Waals surface area contributed by atoms with Crippen LogP contribution in [-0.4, -0.2) is 5.11 Å². The van der Waals surface area contributed by atoms with Crippen LogP contribution in [0.5, 0.6) is 0 Å². The SMILES string of the molecule is CCc1ccc(CC)c(C(O)c2cccc(C)c2)c1. The van der Waals surface area contributed by atoms with Crippen molar-refractivity contribution in [3.63, 3.8) is 0 Å². The van der Waals surface area contributed by atoms with Gasteiger partial charge in [-0.3, -0.25) is 0 Å². The van der Waals surface area contributed by atoms with E-state index in [4.69, 9.17) is 0 Å². The summed E-state index contributed by atoms with van der Waals surface area (Å²) in [5.74, 6) is 0. The fourth-order valence-corrected chi connectivity index (χ4v) is 2.46. The average molecular weight is 254 g/mol. The van der Waals surface area contributed by atoms with Crippen LogP contribution in [0.3, 0.4) is 0 Å². The summed E-state index contributed by atoms with van der Waals surface area (Å²) in [6.07, 6.45) is 1.42. The van der Waals surface area contributed by atoms with Gasteiger partial charge in [0.25, 0.3) is 0 Å². The van der Waals surface area contributed by atoms with Gasteiger partial charge in [-0.2, -0.15) is 0 Å². The number of hydrogen-bond acceptors (Lipinski definition) is 1. The third kappa shape index (κ3) is 3.05. The number of hydrogen-bond donors (Lipinski definition) is 1. The van der Waals surface area contributed by atoms with Crippen molar-refractivity contribution >= 4 is 0 Å². The van der Waals surface area contributed by atoms with Gasteiger partial charge < -0.3 is 5.11 Å². The molecule has 2 aromatic rings. The highest BCUT2D eigenvalue weighted by Crippen LogP contribution is 2.27. The quantitative estimate of drug-likeness (QED) is 0.867. The van der Waals surface area contributed by atoms with Crippen LogP contribution in [0.15, 0.2) is 42.5 Å². The Bertz CT molecular complexity index is 557. The van der Waals surface area contributed by atoms with Gasteiger partial charge in [0.1, 0.15) is 6.10 Å². The highest BCUT2D eigenvalue weighted by Gasteiger charge is 2.14. The fourth-order valence-electron chi connectivity index (χ4n) is 2.46. The molecule has 1 atom stereocenters. The predicted octanol–water partition coefficient (Wildman–Crippen LogP) is 4.20. The standard InChI is InChI=1S/C18H22O/c1-4-14-9-10-15(5-2)17(12-14)18(19)16-8-6-7-13(3)11-16/h6-12,18-19H,4-5H2,1-3H3. The Morgan fingerprint density at radius 2 is 1.79 bits per heavy atom. The van der Waals surface area contributed by atoms with Crippen LogP contribution in [0.2, 0.25) is 0 Å². The molecule has 0 saturated heterocycles. The Labute approximate surface area is 115 Å². The first-order valence-corrected chi connectivity index (χ1v) is 7.02. The first kappa shape index (κ1) is 13.8. The van der Waals surface area contributed by atoms with Crippen molar-refractivity contribution in [3.8, 4) is 0 Å². The lowest BCUT2D eigenvalue weighted by Gasteiger charge is -2.17. The van der Waals surface area contributed by atoms with Crippen molar-refractivity contribution in [2.45, 2.75) is 39.7 Å². The van der Waals surface area contributed by atoms with Gasteiger partial charge in [-0.15, -0.1) is 0 Å². The minimum Gasteiger partial charge on any atom is -0.384 e. The molecule has 2 aromatic carbocycles. The molecule has 1 unspecified atom stereocenters. The van der Waals surface area contributed by atoms with Gasteiger partial charge in [0, 0.05) is 0 Å². The van der Waals surface area contributed by atoms with Crippen molar-refractivity contribution in [1.82, 2.24) is 0 Å². The third-order valence-electron chi connectivity index (χ3n) is 3.65. The zero-order valence-electron chi connectivity index (χ0n) is 12.0. The molecule has 0 amide bonds. The molecule has 0 radical (unpaired) electrons. The Balaban J connectivity index is 2.44. The Hall–Kier alpha value is -1.60. The van der Waals surface area contributed by atoms with E-state index >= 15 is 0 Å². The largest absolute Gasteiger partial charge is 0.384 e. The maximum absolute atomic E-state index is 10.6. The molecular weight excluding hydrogens is 232 g/mol. The minimum atomic E-state index is -0.527. The molecule has 1 nitrogen and oxygen atoms in total. The molecule has 0 heterocycles. The molecule has 19 heavy (non-hydrogen) atoms. The van der Waals surface area contributed by atoms with E-state index in [1.165, 1.54) is 16.7 Å². The molecule has 0 aliphatic heterocycles. The first-order valence-electron chi connectivity index (χ1n) is 7.02. The fraction of sp³-hybridized carbons (Fsp3) is 0.333. The zero-order valence-corrected chi connectivity index (χ0v) is 12.0. The zero-order chi connectivity index (χ0) is 13.8. The van der Waals surface area contributed by atoms with Crippen LogP contribution in [0.25, 0.3) is 0 Å². The molecule has 0 aliphatic carbocycles. The van der Waals surface area contributed by atoms with Gasteiger partial charge in [0.2, 0.25) is 0 Å². The number of benzene rings is 2. The van der Waals surface area contributed by atoms with Crippen LogP contribution >= 0.6 is 0 Å². The molecule has 2 rings (SSSR count). The number of aliphatic hydroxyl groups excluding tert-OH is 1. The predicted molar refractivity (Wildman–Crippen MR) is 80.4 cm³/mol. The maximum Gasteiger partial charge on any atom is 0.104 e. The number of rotatable bonds is 4. The third-order valence-corrected chi connectivity index (χ3v) is 3.65. The lowest BCUT2D eigenvalue weighted by Crippen LogP contribution is -2.04. The van der Waals surface area contributed by atoms with Crippen molar-refractivity contribution in [2.24, 2.45) is 0 Å². The summed E-state index contributed by atoms with van der Waals surface area (Å²) in [5.41, 5.74) is 5.71. The number of aryl methyl sites for hydroxylation is 3. The Kier molecular flexibility index (Phi) is 4.39. The maximum atomic E-state index is 10.6. The second-order valence-corrected chi connectivity index (χ2v) is 5.06. The van der Waals surface area contributed by atoms with Gasteiger partial charge in [-0.25, -0.2) is 0 Å².